The number of halogens is 3. The second-order valence-corrected chi connectivity index (χ2v) is 12.3. The standard InChI is InChI=1S/C28H34Cl2FN3O3/c1-15(35)6-5-11-32-25(36)24-23(16-7-10-20(31)19(30)12-16)28(22(34-24)14-27(2,3)4)18-9-8-17(29)13-21(18)33-26(28)37/h7-10,12-13,15,22-24,34-35H,5-6,11,14H2,1-4H3,(H,32,36)(H,33,37)/t15-,22+,23-,24+,28-/m0/s1. The van der Waals surface area contributed by atoms with Crippen molar-refractivity contribution in [1.82, 2.24) is 10.6 Å². The van der Waals surface area contributed by atoms with Crippen LogP contribution < -0.4 is 16.0 Å². The summed E-state index contributed by atoms with van der Waals surface area (Å²) in [5, 5.41) is 19.5. The van der Waals surface area contributed by atoms with Crippen LogP contribution in [-0.4, -0.2) is 41.7 Å². The minimum Gasteiger partial charge on any atom is -0.393 e. The van der Waals surface area contributed by atoms with E-state index in [2.05, 4.69) is 36.7 Å². The summed E-state index contributed by atoms with van der Waals surface area (Å²) in [6.45, 7) is 8.35. The molecule has 37 heavy (non-hydrogen) atoms. The van der Waals surface area contributed by atoms with Gasteiger partial charge in [0.2, 0.25) is 11.8 Å². The smallest absolute Gasteiger partial charge is 0.237 e. The second kappa shape index (κ2) is 10.5. The molecule has 2 amide bonds. The number of fused-ring (bicyclic) bond motifs is 2. The van der Waals surface area contributed by atoms with Crippen LogP contribution in [0.2, 0.25) is 10.0 Å². The molecule has 0 saturated carbocycles. The van der Waals surface area contributed by atoms with Gasteiger partial charge in [-0.3, -0.25) is 9.59 Å². The molecule has 2 aromatic carbocycles. The van der Waals surface area contributed by atoms with E-state index in [9.17, 15) is 19.1 Å². The van der Waals surface area contributed by atoms with Gasteiger partial charge in [0.05, 0.1) is 17.2 Å². The minimum absolute atomic E-state index is 0.0715. The molecule has 0 unspecified atom stereocenters. The van der Waals surface area contributed by atoms with E-state index in [4.69, 9.17) is 23.2 Å². The van der Waals surface area contributed by atoms with E-state index in [0.29, 0.717) is 42.1 Å². The van der Waals surface area contributed by atoms with Gasteiger partial charge in [-0.15, -0.1) is 0 Å². The SMILES string of the molecule is C[C@H](O)CCCNC(=O)[C@@H]1N[C@H](CC(C)(C)C)[C@]2(C(=O)Nc3cc(Cl)ccc32)[C@H]1c1ccc(F)c(Cl)c1. The summed E-state index contributed by atoms with van der Waals surface area (Å²) >= 11 is 12.5. The maximum absolute atomic E-state index is 14.2. The van der Waals surface area contributed by atoms with Crippen LogP contribution in [0.3, 0.4) is 0 Å². The molecule has 1 spiro atoms. The first-order chi connectivity index (χ1) is 17.3. The predicted octanol–water partition coefficient (Wildman–Crippen LogP) is 5.16. The van der Waals surface area contributed by atoms with Crippen molar-refractivity contribution in [3.05, 3.63) is 63.4 Å². The highest BCUT2D eigenvalue weighted by Gasteiger charge is 2.65. The normalized spacial score (nSPS) is 25.7. The van der Waals surface area contributed by atoms with E-state index in [1.54, 1.807) is 25.1 Å². The van der Waals surface area contributed by atoms with Crippen molar-refractivity contribution >= 4 is 40.7 Å². The van der Waals surface area contributed by atoms with Gasteiger partial charge < -0.3 is 21.1 Å². The molecule has 2 aromatic rings. The Balaban J connectivity index is 1.86. The largest absolute Gasteiger partial charge is 0.393 e. The molecule has 9 heteroatoms. The number of aliphatic hydroxyl groups is 1. The molecule has 1 saturated heterocycles. The van der Waals surface area contributed by atoms with Gasteiger partial charge in [-0.1, -0.05) is 56.1 Å². The first-order valence-corrected chi connectivity index (χ1v) is 13.4. The Morgan fingerprint density at radius 3 is 2.59 bits per heavy atom. The van der Waals surface area contributed by atoms with Crippen molar-refractivity contribution in [3.63, 3.8) is 0 Å². The number of hydrogen-bond acceptors (Lipinski definition) is 4. The lowest BCUT2D eigenvalue weighted by molar-refractivity contribution is -0.123. The summed E-state index contributed by atoms with van der Waals surface area (Å²) in [5.74, 6) is -1.74. The van der Waals surface area contributed by atoms with Crippen LogP contribution in [0.1, 0.15) is 64.0 Å². The van der Waals surface area contributed by atoms with Crippen molar-refractivity contribution in [2.45, 2.75) is 76.5 Å². The summed E-state index contributed by atoms with van der Waals surface area (Å²) in [7, 11) is 0. The third-order valence-corrected chi connectivity index (χ3v) is 7.83. The highest BCUT2D eigenvalue weighted by Crippen LogP contribution is 2.56. The summed E-state index contributed by atoms with van der Waals surface area (Å²) in [6, 6.07) is 8.50. The van der Waals surface area contributed by atoms with Crippen molar-refractivity contribution in [2.24, 2.45) is 5.41 Å². The summed E-state index contributed by atoms with van der Waals surface area (Å²) in [5.41, 5.74) is 0.620. The van der Waals surface area contributed by atoms with Gasteiger partial charge in [-0.05, 0) is 67.0 Å². The predicted molar refractivity (Wildman–Crippen MR) is 145 cm³/mol. The number of aliphatic hydroxyl groups excluding tert-OH is 1. The van der Waals surface area contributed by atoms with E-state index in [1.807, 2.05) is 6.07 Å². The van der Waals surface area contributed by atoms with E-state index >= 15 is 0 Å². The van der Waals surface area contributed by atoms with E-state index in [-0.39, 0.29) is 22.3 Å². The van der Waals surface area contributed by atoms with Gasteiger partial charge in [0.15, 0.2) is 0 Å². The average molecular weight is 551 g/mol. The molecule has 2 heterocycles. The number of rotatable bonds is 7. The first kappa shape index (κ1) is 27.8. The zero-order chi connectivity index (χ0) is 27.1. The molecule has 0 radical (unpaired) electrons. The molecule has 1 fully saturated rings. The molecule has 0 bridgehead atoms. The molecule has 4 rings (SSSR count). The topological polar surface area (TPSA) is 90.5 Å². The minimum atomic E-state index is -1.16. The second-order valence-electron chi connectivity index (χ2n) is 11.4. The number of hydrogen-bond donors (Lipinski definition) is 4. The van der Waals surface area contributed by atoms with Crippen molar-refractivity contribution < 1.29 is 19.1 Å². The van der Waals surface area contributed by atoms with Crippen LogP contribution >= 0.6 is 23.2 Å². The Bertz CT molecular complexity index is 1200. The molecule has 0 aliphatic carbocycles. The van der Waals surface area contributed by atoms with E-state index in [1.165, 1.54) is 12.1 Å². The molecule has 2 aliphatic heterocycles. The quantitative estimate of drug-likeness (QED) is 0.359. The van der Waals surface area contributed by atoms with Crippen LogP contribution in [0.5, 0.6) is 0 Å². The Morgan fingerprint density at radius 1 is 1.22 bits per heavy atom. The van der Waals surface area contributed by atoms with E-state index in [0.717, 1.165) is 5.56 Å². The Hall–Kier alpha value is -2.19. The maximum Gasteiger partial charge on any atom is 0.237 e. The van der Waals surface area contributed by atoms with Crippen LogP contribution in [0.25, 0.3) is 0 Å². The highest BCUT2D eigenvalue weighted by atomic mass is 35.5. The molecule has 6 nitrogen and oxygen atoms in total. The molecule has 0 aromatic heterocycles. The van der Waals surface area contributed by atoms with Gasteiger partial charge in [0.25, 0.3) is 0 Å². The fraction of sp³-hybridized carbons (Fsp3) is 0.500. The first-order valence-electron chi connectivity index (χ1n) is 12.6. The van der Waals surface area contributed by atoms with Crippen LogP contribution in [0.4, 0.5) is 10.1 Å². The summed E-state index contributed by atoms with van der Waals surface area (Å²) in [6.07, 6.45) is 1.31. The van der Waals surface area contributed by atoms with Crippen molar-refractivity contribution in [1.29, 1.82) is 0 Å². The lowest BCUT2D eigenvalue weighted by Crippen LogP contribution is -2.49. The Labute approximate surface area is 227 Å². The number of carbonyl (C=O) groups excluding carboxylic acids is 2. The van der Waals surface area contributed by atoms with Crippen molar-refractivity contribution in [3.8, 4) is 0 Å². The third kappa shape index (κ3) is 5.37. The van der Waals surface area contributed by atoms with Gasteiger partial charge in [0.1, 0.15) is 11.2 Å². The number of carbonyl (C=O) groups is 2. The van der Waals surface area contributed by atoms with Gasteiger partial charge in [-0.2, -0.15) is 0 Å². The molecule has 200 valence electrons. The molecular formula is C28H34Cl2FN3O3. The van der Waals surface area contributed by atoms with Gasteiger partial charge >= 0.3 is 0 Å². The highest BCUT2D eigenvalue weighted by molar-refractivity contribution is 6.31. The fourth-order valence-corrected chi connectivity index (χ4v) is 6.21. The lowest BCUT2D eigenvalue weighted by Gasteiger charge is -2.37. The number of benzene rings is 2. The lowest BCUT2D eigenvalue weighted by atomic mass is 9.62. The zero-order valence-corrected chi connectivity index (χ0v) is 23.0. The van der Waals surface area contributed by atoms with Crippen molar-refractivity contribution in [2.75, 3.05) is 11.9 Å². The van der Waals surface area contributed by atoms with Crippen LogP contribution in [0.15, 0.2) is 36.4 Å². The van der Waals surface area contributed by atoms with Gasteiger partial charge in [0, 0.05) is 29.2 Å². The fourth-order valence-electron chi connectivity index (χ4n) is 5.85. The maximum atomic E-state index is 14.2. The summed E-state index contributed by atoms with van der Waals surface area (Å²) < 4.78 is 14.2. The van der Waals surface area contributed by atoms with E-state index < -0.39 is 35.3 Å². The van der Waals surface area contributed by atoms with Gasteiger partial charge in [-0.25, -0.2) is 4.39 Å². The van der Waals surface area contributed by atoms with Crippen LogP contribution in [-0.2, 0) is 15.0 Å². The number of nitrogens with one attached hydrogen (secondary N) is 3. The number of anilines is 1. The molecule has 5 atom stereocenters. The zero-order valence-electron chi connectivity index (χ0n) is 21.5. The monoisotopic (exact) mass is 549 g/mol. The third-order valence-electron chi connectivity index (χ3n) is 7.31. The Morgan fingerprint density at radius 2 is 1.95 bits per heavy atom. The molecular weight excluding hydrogens is 516 g/mol. The number of amides is 2. The average Bonchev–Trinajstić information content (AvgIpc) is 3.27. The van der Waals surface area contributed by atoms with Crippen LogP contribution in [0, 0.1) is 11.2 Å². The molecule has 4 N–H and O–H groups in total. The Kier molecular flexibility index (Phi) is 7.92. The molecule has 2 aliphatic rings. The summed E-state index contributed by atoms with van der Waals surface area (Å²) in [4.78, 5) is 27.7.